The van der Waals surface area contributed by atoms with E-state index >= 15 is 0 Å². The summed E-state index contributed by atoms with van der Waals surface area (Å²) in [6.45, 7) is 3.87. The Labute approximate surface area is 136 Å². The van der Waals surface area contributed by atoms with Crippen LogP contribution in [0.4, 0.5) is 10.8 Å². The number of thiazole rings is 1. The van der Waals surface area contributed by atoms with Gasteiger partial charge in [0.1, 0.15) is 0 Å². The zero-order valence-corrected chi connectivity index (χ0v) is 13.4. The van der Waals surface area contributed by atoms with Crippen molar-refractivity contribution in [2.45, 2.75) is 13.8 Å². The molecule has 116 valence electrons. The van der Waals surface area contributed by atoms with Crippen molar-refractivity contribution in [2.24, 2.45) is 5.10 Å². The number of fused-ring (bicyclic) bond motifs is 1. The van der Waals surface area contributed by atoms with Crippen LogP contribution < -0.4 is 5.43 Å². The Hall–Kier alpha value is -2.80. The molecule has 0 radical (unpaired) electrons. The van der Waals surface area contributed by atoms with Gasteiger partial charge in [-0.15, -0.1) is 0 Å². The number of hydrogen-bond acceptors (Lipinski definition) is 6. The molecule has 23 heavy (non-hydrogen) atoms. The number of hydrazone groups is 1. The average molecular weight is 326 g/mol. The number of nitrogens with one attached hydrogen (secondary N) is 1. The number of anilines is 1. The third kappa shape index (κ3) is 3.19. The van der Waals surface area contributed by atoms with E-state index < -0.39 is 4.92 Å². The third-order valence-corrected chi connectivity index (χ3v) is 4.36. The van der Waals surface area contributed by atoms with Crippen LogP contribution in [0.2, 0.25) is 0 Å². The van der Waals surface area contributed by atoms with E-state index in [9.17, 15) is 10.1 Å². The van der Waals surface area contributed by atoms with Crippen LogP contribution in [0.1, 0.15) is 18.1 Å². The van der Waals surface area contributed by atoms with E-state index in [0.29, 0.717) is 0 Å². The van der Waals surface area contributed by atoms with Crippen molar-refractivity contribution in [3.63, 3.8) is 0 Å². The topological polar surface area (TPSA) is 80.4 Å². The lowest BCUT2D eigenvalue weighted by atomic mass is 10.1. The van der Waals surface area contributed by atoms with Crippen molar-refractivity contribution in [3.05, 3.63) is 63.7 Å². The molecule has 0 aliphatic heterocycles. The highest BCUT2D eigenvalue weighted by Gasteiger charge is 2.07. The van der Waals surface area contributed by atoms with E-state index in [0.717, 1.165) is 32.2 Å². The molecule has 1 N–H and O–H groups in total. The minimum Gasteiger partial charge on any atom is -0.258 e. The molecular weight excluding hydrogens is 312 g/mol. The van der Waals surface area contributed by atoms with Crippen molar-refractivity contribution in [2.75, 3.05) is 5.43 Å². The number of para-hydroxylation sites is 1. The van der Waals surface area contributed by atoms with Gasteiger partial charge in [-0.3, -0.25) is 15.5 Å². The summed E-state index contributed by atoms with van der Waals surface area (Å²) in [5.41, 5.74) is 6.68. The normalized spacial score (nSPS) is 11.7. The van der Waals surface area contributed by atoms with Gasteiger partial charge in [0.25, 0.3) is 5.69 Å². The summed E-state index contributed by atoms with van der Waals surface area (Å²) < 4.78 is 1.11. The Kier molecular flexibility index (Phi) is 4.03. The number of nitro benzene ring substituents is 1. The number of aromatic nitrogens is 1. The van der Waals surface area contributed by atoms with Crippen LogP contribution in [-0.4, -0.2) is 15.6 Å². The number of rotatable bonds is 4. The fourth-order valence-electron chi connectivity index (χ4n) is 2.15. The molecule has 0 aliphatic carbocycles. The van der Waals surface area contributed by atoms with Crippen molar-refractivity contribution >= 4 is 38.1 Å². The molecule has 0 amide bonds. The molecule has 6 nitrogen and oxygen atoms in total. The van der Waals surface area contributed by atoms with Crippen LogP contribution in [-0.2, 0) is 0 Å². The number of benzene rings is 2. The second-order valence-corrected chi connectivity index (χ2v) is 6.08. The van der Waals surface area contributed by atoms with Gasteiger partial charge in [-0.2, -0.15) is 5.10 Å². The van der Waals surface area contributed by atoms with E-state index in [1.165, 1.54) is 23.5 Å². The molecule has 0 bridgehead atoms. The molecular formula is C16H14N4O2S. The Morgan fingerprint density at radius 3 is 2.65 bits per heavy atom. The first-order valence-electron chi connectivity index (χ1n) is 6.96. The van der Waals surface area contributed by atoms with Crippen LogP contribution in [0.25, 0.3) is 10.2 Å². The third-order valence-electron chi connectivity index (χ3n) is 3.44. The zero-order chi connectivity index (χ0) is 16.4. The molecule has 0 atom stereocenters. The number of nitro groups is 1. The van der Waals surface area contributed by atoms with E-state index in [1.54, 1.807) is 12.1 Å². The maximum atomic E-state index is 10.7. The Morgan fingerprint density at radius 1 is 1.26 bits per heavy atom. The SMILES string of the molecule is C/C(=N\Nc1nc2c(C)cccc2s1)c1ccc([N+](=O)[O-])cc1. The van der Waals surface area contributed by atoms with Gasteiger partial charge in [0, 0.05) is 12.1 Å². The standard InChI is InChI=1S/C16H14N4O2S/c1-10-4-3-5-14-15(10)17-16(23-14)19-18-11(2)12-6-8-13(9-7-12)20(21)22/h3-9H,1-2H3,(H,17,19)/b18-11+. The van der Waals surface area contributed by atoms with Crippen LogP contribution in [0.15, 0.2) is 47.6 Å². The number of nitrogens with zero attached hydrogens (tertiary/aromatic N) is 3. The summed E-state index contributed by atoms with van der Waals surface area (Å²) in [6, 6.07) is 12.4. The Morgan fingerprint density at radius 2 is 2.00 bits per heavy atom. The second kappa shape index (κ2) is 6.13. The fraction of sp³-hybridized carbons (Fsp3) is 0.125. The quantitative estimate of drug-likeness (QED) is 0.439. The molecule has 3 rings (SSSR count). The summed E-state index contributed by atoms with van der Waals surface area (Å²) in [7, 11) is 0. The van der Waals surface area contributed by atoms with Crippen LogP contribution >= 0.6 is 11.3 Å². The average Bonchev–Trinajstić information content (AvgIpc) is 2.97. The van der Waals surface area contributed by atoms with Crippen LogP contribution in [0.3, 0.4) is 0 Å². The van der Waals surface area contributed by atoms with E-state index in [4.69, 9.17) is 0 Å². The molecule has 0 saturated heterocycles. The Balaban J connectivity index is 1.80. The molecule has 1 aromatic heterocycles. The zero-order valence-electron chi connectivity index (χ0n) is 12.6. The number of hydrogen-bond donors (Lipinski definition) is 1. The summed E-state index contributed by atoms with van der Waals surface area (Å²) >= 11 is 1.54. The number of aryl methyl sites for hydroxylation is 1. The highest BCUT2D eigenvalue weighted by atomic mass is 32.1. The minimum absolute atomic E-state index is 0.0659. The molecule has 0 fully saturated rings. The first-order chi connectivity index (χ1) is 11.0. The Bertz CT molecular complexity index is 900. The van der Waals surface area contributed by atoms with Crippen LogP contribution in [0, 0.1) is 17.0 Å². The van der Waals surface area contributed by atoms with Gasteiger partial charge < -0.3 is 0 Å². The van der Waals surface area contributed by atoms with Gasteiger partial charge in [0.15, 0.2) is 0 Å². The van der Waals surface area contributed by atoms with Crippen molar-refractivity contribution in [1.82, 2.24) is 4.98 Å². The van der Waals surface area contributed by atoms with Gasteiger partial charge in [0.05, 0.1) is 20.9 Å². The second-order valence-electron chi connectivity index (χ2n) is 5.05. The van der Waals surface area contributed by atoms with E-state index in [1.807, 2.05) is 32.0 Å². The van der Waals surface area contributed by atoms with Crippen LogP contribution in [0.5, 0.6) is 0 Å². The lowest BCUT2D eigenvalue weighted by molar-refractivity contribution is -0.384. The van der Waals surface area contributed by atoms with Crippen molar-refractivity contribution in [3.8, 4) is 0 Å². The molecule has 3 aromatic rings. The number of non-ortho nitro benzene ring substituents is 1. The fourth-order valence-corrected chi connectivity index (χ4v) is 3.04. The molecule has 0 saturated carbocycles. The monoisotopic (exact) mass is 326 g/mol. The maximum Gasteiger partial charge on any atom is 0.269 e. The van der Waals surface area contributed by atoms with E-state index in [2.05, 4.69) is 15.5 Å². The summed E-state index contributed by atoms with van der Waals surface area (Å²) in [5.74, 6) is 0. The predicted octanol–water partition coefficient (Wildman–Crippen LogP) is 4.35. The summed E-state index contributed by atoms with van der Waals surface area (Å²) in [5, 5.41) is 15.7. The first-order valence-corrected chi connectivity index (χ1v) is 7.77. The van der Waals surface area contributed by atoms with E-state index in [-0.39, 0.29) is 5.69 Å². The molecule has 0 spiro atoms. The molecule has 1 heterocycles. The van der Waals surface area contributed by atoms with Gasteiger partial charge >= 0.3 is 0 Å². The molecule has 0 unspecified atom stereocenters. The first kappa shape index (κ1) is 15.1. The highest BCUT2D eigenvalue weighted by Crippen LogP contribution is 2.27. The lowest BCUT2D eigenvalue weighted by Crippen LogP contribution is -1.99. The van der Waals surface area contributed by atoms with Crippen molar-refractivity contribution < 1.29 is 4.92 Å². The highest BCUT2D eigenvalue weighted by molar-refractivity contribution is 7.22. The molecule has 2 aromatic carbocycles. The van der Waals surface area contributed by atoms with Gasteiger partial charge in [-0.05, 0) is 43.2 Å². The van der Waals surface area contributed by atoms with Gasteiger partial charge in [0.2, 0.25) is 5.13 Å². The smallest absolute Gasteiger partial charge is 0.258 e. The molecule has 0 aliphatic rings. The maximum absolute atomic E-state index is 10.7. The largest absolute Gasteiger partial charge is 0.269 e. The van der Waals surface area contributed by atoms with Gasteiger partial charge in [-0.25, -0.2) is 4.98 Å². The van der Waals surface area contributed by atoms with Crippen molar-refractivity contribution in [1.29, 1.82) is 0 Å². The minimum atomic E-state index is -0.419. The molecule has 7 heteroatoms. The summed E-state index contributed by atoms with van der Waals surface area (Å²) in [6.07, 6.45) is 0. The van der Waals surface area contributed by atoms with Gasteiger partial charge in [-0.1, -0.05) is 23.5 Å². The predicted molar refractivity (Wildman–Crippen MR) is 93.3 cm³/mol. The lowest BCUT2D eigenvalue weighted by Gasteiger charge is -2.01. The summed E-state index contributed by atoms with van der Waals surface area (Å²) in [4.78, 5) is 14.8.